The highest BCUT2D eigenvalue weighted by atomic mass is 35.5. The zero-order valence-corrected chi connectivity index (χ0v) is 10.4. The number of nitrogens with two attached hydrogens (primary N) is 1. The number of aromatic nitrogens is 3. The second-order valence-corrected chi connectivity index (χ2v) is 4.28. The number of hydrogen-bond acceptors (Lipinski definition) is 5. The Kier molecular flexibility index (Phi) is 2.64. The topological polar surface area (TPSA) is 90.1 Å². The van der Waals surface area contributed by atoms with E-state index < -0.39 is 0 Å². The van der Waals surface area contributed by atoms with Crippen LogP contribution < -0.4 is 5.73 Å². The first-order chi connectivity index (χ1) is 9.16. The molecule has 0 aliphatic heterocycles. The summed E-state index contributed by atoms with van der Waals surface area (Å²) in [6.07, 6.45) is 1.52. The number of nitrogens with zero attached hydrogens (tertiary/aromatic N) is 3. The van der Waals surface area contributed by atoms with Gasteiger partial charge in [0.1, 0.15) is 11.4 Å². The molecule has 19 heavy (non-hydrogen) atoms. The zero-order valence-electron chi connectivity index (χ0n) is 9.62. The van der Waals surface area contributed by atoms with Crippen molar-refractivity contribution in [3.8, 4) is 22.9 Å². The maximum atomic E-state index is 9.83. The molecule has 0 spiro atoms. The lowest BCUT2D eigenvalue weighted by molar-refractivity contribution is 0.470. The number of aromatic hydroxyl groups is 1. The Morgan fingerprint density at radius 3 is 2.89 bits per heavy atom. The van der Waals surface area contributed by atoms with E-state index in [2.05, 4.69) is 10.3 Å². The van der Waals surface area contributed by atoms with E-state index in [0.29, 0.717) is 22.2 Å². The summed E-state index contributed by atoms with van der Waals surface area (Å²) in [6.45, 7) is 0. The molecule has 3 N–H and O–H groups in total. The van der Waals surface area contributed by atoms with Crippen molar-refractivity contribution in [2.24, 2.45) is 0 Å². The first kappa shape index (κ1) is 11.6. The smallest absolute Gasteiger partial charge is 0.172 e. The summed E-state index contributed by atoms with van der Waals surface area (Å²) in [5.41, 5.74) is 6.73. The third-order valence-electron chi connectivity index (χ3n) is 2.63. The highest BCUT2D eigenvalue weighted by Gasteiger charge is 2.17. The minimum atomic E-state index is 0.00648. The van der Waals surface area contributed by atoms with Crippen molar-refractivity contribution in [2.75, 3.05) is 5.73 Å². The van der Waals surface area contributed by atoms with Crippen LogP contribution in [0.25, 0.3) is 17.1 Å². The molecule has 0 saturated heterocycles. The predicted octanol–water partition coefficient (Wildman–Crippen LogP) is 2.47. The fourth-order valence-electron chi connectivity index (χ4n) is 1.72. The molecule has 0 aliphatic rings. The molecule has 1 aromatic carbocycles. The van der Waals surface area contributed by atoms with Gasteiger partial charge in [-0.1, -0.05) is 16.8 Å². The third kappa shape index (κ3) is 1.92. The van der Waals surface area contributed by atoms with Gasteiger partial charge in [-0.05, 0) is 30.3 Å². The molecule has 0 fully saturated rings. The monoisotopic (exact) mass is 276 g/mol. The van der Waals surface area contributed by atoms with Crippen LogP contribution in [-0.4, -0.2) is 20.1 Å². The van der Waals surface area contributed by atoms with Gasteiger partial charge in [0, 0.05) is 5.02 Å². The van der Waals surface area contributed by atoms with Crippen LogP contribution >= 0.6 is 11.6 Å². The Hall–Kier alpha value is -2.47. The van der Waals surface area contributed by atoms with E-state index in [0.717, 1.165) is 0 Å². The Balaban J connectivity index is 2.15. The number of nitrogen functional groups attached to an aromatic ring is 1. The molecule has 0 bridgehead atoms. The van der Waals surface area contributed by atoms with Gasteiger partial charge in [-0.2, -0.15) is 4.68 Å². The van der Waals surface area contributed by atoms with Crippen molar-refractivity contribution in [1.29, 1.82) is 0 Å². The van der Waals surface area contributed by atoms with E-state index in [1.165, 1.54) is 17.0 Å². The number of hydrogen-bond donors (Lipinski definition) is 2. The van der Waals surface area contributed by atoms with Crippen LogP contribution in [0.1, 0.15) is 0 Å². The molecule has 0 amide bonds. The Morgan fingerprint density at radius 2 is 2.16 bits per heavy atom. The first-order valence-electron chi connectivity index (χ1n) is 5.41. The lowest BCUT2D eigenvalue weighted by atomic mass is 10.3. The number of rotatable bonds is 2. The Morgan fingerprint density at radius 1 is 1.32 bits per heavy atom. The molecule has 3 rings (SSSR count). The van der Waals surface area contributed by atoms with E-state index in [1.807, 2.05) is 0 Å². The van der Waals surface area contributed by atoms with E-state index in [-0.39, 0.29) is 11.6 Å². The molecular formula is C12H9ClN4O2. The van der Waals surface area contributed by atoms with Gasteiger partial charge in [0.25, 0.3) is 0 Å². The first-order valence-corrected chi connectivity index (χ1v) is 5.78. The molecule has 96 valence electrons. The summed E-state index contributed by atoms with van der Waals surface area (Å²) in [5, 5.41) is 18.1. The summed E-state index contributed by atoms with van der Waals surface area (Å²) in [6, 6.07) is 8.04. The van der Waals surface area contributed by atoms with Crippen LogP contribution in [0.15, 0.2) is 41.0 Å². The molecule has 0 aliphatic carbocycles. The van der Waals surface area contributed by atoms with Crippen molar-refractivity contribution < 1.29 is 9.52 Å². The van der Waals surface area contributed by atoms with Gasteiger partial charge in [-0.25, -0.2) is 0 Å². The summed E-state index contributed by atoms with van der Waals surface area (Å²) >= 11 is 5.89. The molecule has 0 saturated carbocycles. The lowest BCUT2D eigenvalue weighted by Gasteiger charge is -2.05. The molecule has 7 heteroatoms. The molecule has 0 radical (unpaired) electrons. The summed E-state index contributed by atoms with van der Waals surface area (Å²) in [5.74, 6) is 0.768. The predicted molar refractivity (Wildman–Crippen MR) is 70.1 cm³/mol. The molecule has 6 nitrogen and oxygen atoms in total. The molecule has 2 aromatic heterocycles. The lowest BCUT2D eigenvalue weighted by Crippen LogP contribution is -2.02. The van der Waals surface area contributed by atoms with Gasteiger partial charge >= 0.3 is 0 Å². The maximum Gasteiger partial charge on any atom is 0.172 e. The molecule has 3 aromatic rings. The Bertz CT molecular complexity index is 721. The van der Waals surface area contributed by atoms with Gasteiger partial charge < -0.3 is 15.3 Å². The zero-order chi connectivity index (χ0) is 13.4. The highest BCUT2D eigenvalue weighted by Crippen LogP contribution is 2.30. The van der Waals surface area contributed by atoms with Crippen molar-refractivity contribution in [1.82, 2.24) is 15.0 Å². The van der Waals surface area contributed by atoms with Crippen LogP contribution in [0.3, 0.4) is 0 Å². The quantitative estimate of drug-likeness (QED) is 0.750. The number of furan rings is 1. The summed E-state index contributed by atoms with van der Waals surface area (Å²) in [4.78, 5) is 0. The number of halogens is 1. The maximum absolute atomic E-state index is 9.83. The van der Waals surface area contributed by atoms with Gasteiger partial charge in [-0.15, -0.1) is 5.10 Å². The van der Waals surface area contributed by atoms with Crippen LogP contribution in [0.5, 0.6) is 5.75 Å². The largest absolute Gasteiger partial charge is 0.506 e. The molecule has 0 atom stereocenters. The number of anilines is 1. The second-order valence-electron chi connectivity index (χ2n) is 3.85. The fraction of sp³-hybridized carbons (Fsp3) is 0. The van der Waals surface area contributed by atoms with E-state index >= 15 is 0 Å². The third-order valence-corrected chi connectivity index (χ3v) is 2.86. The summed E-state index contributed by atoms with van der Waals surface area (Å²) in [7, 11) is 0. The normalized spacial score (nSPS) is 10.8. The standard InChI is InChI=1S/C12H9ClN4O2/c13-7-3-4-9(18)8(6-7)17-12(14)11(15-16-17)10-2-1-5-19-10/h1-6,18H,14H2. The fourth-order valence-corrected chi connectivity index (χ4v) is 1.89. The number of phenolic OH excluding ortho intramolecular Hbond substituents is 1. The Labute approximate surface area is 113 Å². The van der Waals surface area contributed by atoms with Crippen molar-refractivity contribution in [3.63, 3.8) is 0 Å². The average molecular weight is 277 g/mol. The highest BCUT2D eigenvalue weighted by molar-refractivity contribution is 6.30. The number of phenols is 1. The molecule has 2 heterocycles. The van der Waals surface area contributed by atoms with Crippen molar-refractivity contribution in [2.45, 2.75) is 0 Å². The van der Waals surface area contributed by atoms with E-state index in [1.54, 1.807) is 24.3 Å². The van der Waals surface area contributed by atoms with Crippen LogP contribution in [-0.2, 0) is 0 Å². The average Bonchev–Trinajstić information content (AvgIpc) is 3.01. The van der Waals surface area contributed by atoms with Gasteiger partial charge in [0.05, 0.1) is 6.26 Å². The van der Waals surface area contributed by atoms with Crippen LogP contribution in [0.2, 0.25) is 5.02 Å². The van der Waals surface area contributed by atoms with Gasteiger partial charge in [-0.3, -0.25) is 0 Å². The summed E-state index contributed by atoms with van der Waals surface area (Å²) < 4.78 is 6.52. The van der Waals surface area contributed by atoms with Gasteiger partial charge in [0.15, 0.2) is 17.3 Å². The van der Waals surface area contributed by atoms with Gasteiger partial charge in [0.2, 0.25) is 0 Å². The van der Waals surface area contributed by atoms with Crippen molar-refractivity contribution in [3.05, 3.63) is 41.6 Å². The second kappa shape index (κ2) is 4.33. The minimum absolute atomic E-state index is 0.00648. The van der Waals surface area contributed by atoms with Crippen LogP contribution in [0.4, 0.5) is 5.82 Å². The van der Waals surface area contributed by atoms with E-state index in [9.17, 15) is 5.11 Å². The minimum Gasteiger partial charge on any atom is -0.506 e. The molecular weight excluding hydrogens is 268 g/mol. The van der Waals surface area contributed by atoms with Crippen LogP contribution in [0, 0.1) is 0 Å². The SMILES string of the molecule is Nc1c(-c2ccco2)nnn1-c1cc(Cl)ccc1O. The van der Waals surface area contributed by atoms with E-state index in [4.69, 9.17) is 21.8 Å². The van der Waals surface area contributed by atoms with Crippen molar-refractivity contribution >= 4 is 17.4 Å². The number of benzene rings is 1. The molecule has 0 unspecified atom stereocenters.